The van der Waals surface area contributed by atoms with Crippen LogP contribution in [0.3, 0.4) is 0 Å². The Hall–Kier alpha value is -1.84. The van der Waals surface area contributed by atoms with Gasteiger partial charge in [-0.3, -0.25) is 4.79 Å². The van der Waals surface area contributed by atoms with Gasteiger partial charge in [0.05, 0.1) is 0 Å². The van der Waals surface area contributed by atoms with Crippen LogP contribution >= 0.6 is 27.5 Å². The molecule has 0 amide bonds. The van der Waals surface area contributed by atoms with Crippen molar-refractivity contribution in [1.82, 2.24) is 0 Å². The van der Waals surface area contributed by atoms with Gasteiger partial charge in [0.15, 0.2) is 5.76 Å². The first-order chi connectivity index (χ1) is 10.1. The average Bonchev–Trinajstić information content (AvgIpc) is 2.89. The maximum Gasteiger partial charge on any atom is 0.221 e. The highest BCUT2D eigenvalue weighted by Gasteiger charge is 2.09. The highest BCUT2D eigenvalue weighted by molar-refractivity contribution is 9.10. The van der Waals surface area contributed by atoms with E-state index < -0.39 is 0 Å². The molecule has 0 saturated carbocycles. The SMILES string of the molecule is O=C(C=Cc1ccc(Cl)cc1)c1cc2cc(Br)ccc2o1. The quantitative estimate of drug-likeness (QED) is 0.439. The standard InChI is InChI=1S/C17H10BrClO2/c18-13-4-8-16-12(9-13)10-17(21-16)15(20)7-3-11-1-5-14(19)6-2-11/h1-10H. The van der Waals surface area contributed by atoms with E-state index in [9.17, 15) is 4.79 Å². The van der Waals surface area contributed by atoms with Crippen LogP contribution in [0, 0.1) is 0 Å². The third-order valence-electron chi connectivity index (χ3n) is 3.02. The molecular formula is C17H10BrClO2. The summed E-state index contributed by atoms with van der Waals surface area (Å²) in [5, 5.41) is 1.56. The highest BCUT2D eigenvalue weighted by atomic mass is 79.9. The number of furan rings is 1. The predicted molar refractivity (Wildman–Crippen MR) is 88.7 cm³/mol. The molecule has 1 aromatic heterocycles. The smallest absolute Gasteiger partial charge is 0.221 e. The second-order valence-electron chi connectivity index (χ2n) is 4.54. The third kappa shape index (κ3) is 3.26. The molecule has 0 bridgehead atoms. The molecule has 3 rings (SSSR count). The van der Waals surface area contributed by atoms with Crippen LogP contribution in [0.1, 0.15) is 16.1 Å². The van der Waals surface area contributed by atoms with Gasteiger partial charge in [-0.05, 0) is 48.0 Å². The molecule has 0 aliphatic rings. The molecule has 0 aliphatic carbocycles. The molecule has 3 aromatic rings. The number of allylic oxidation sites excluding steroid dienone is 1. The van der Waals surface area contributed by atoms with Gasteiger partial charge in [-0.1, -0.05) is 45.7 Å². The summed E-state index contributed by atoms with van der Waals surface area (Å²) in [7, 11) is 0. The Labute approximate surface area is 135 Å². The fourth-order valence-corrected chi connectivity index (χ4v) is 2.47. The lowest BCUT2D eigenvalue weighted by molar-refractivity contribution is 0.102. The van der Waals surface area contributed by atoms with Crippen LogP contribution in [0.15, 0.2) is 63.5 Å². The maximum absolute atomic E-state index is 12.1. The van der Waals surface area contributed by atoms with Crippen LogP contribution in [0.4, 0.5) is 0 Å². The van der Waals surface area contributed by atoms with E-state index in [1.165, 1.54) is 6.08 Å². The van der Waals surface area contributed by atoms with Crippen molar-refractivity contribution in [3.05, 3.63) is 75.4 Å². The van der Waals surface area contributed by atoms with E-state index in [0.29, 0.717) is 16.4 Å². The van der Waals surface area contributed by atoms with E-state index in [0.717, 1.165) is 15.4 Å². The Kier molecular flexibility index (Phi) is 3.95. The lowest BCUT2D eigenvalue weighted by atomic mass is 10.2. The number of ketones is 1. The Morgan fingerprint density at radius 3 is 2.62 bits per heavy atom. The minimum Gasteiger partial charge on any atom is -0.453 e. The van der Waals surface area contributed by atoms with Gasteiger partial charge in [0.2, 0.25) is 5.78 Å². The summed E-state index contributed by atoms with van der Waals surface area (Å²) in [6.07, 6.45) is 3.23. The van der Waals surface area contributed by atoms with E-state index in [1.807, 2.05) is 30.3 Å². The predicted octanol–water partition coefficient (Wildman–Crippen LogP) is 5.74. The van der Waals surface area contributed by atoms with Gasteiger partial charge in [0.25, 0.3) is 0 Å². The molecule has 0 unspecified atom stereocenters. The molecule has 0 saturated heterocycles. The summed E-state index contributed by atoms with van der Waals surface area (Å²) in [6.45, 7) is 0. The first-order valence-electron chi connectivity index (χ1n) is 6.29. The average molecular weight is 362 g/mol. The monoisotopic (exact) mass is 360 g/mol. The Morgan fingerprint density at radius 2 is 1.86 bits per heavy atom. The molecule has 2 nitrogen and oxygen atoms in total. The molecule has 0 N–H and O–H groups in total. The topological polar surface area (TPSA) is 30.2 Å². The first-order valence-corrected chi connectivity index (χ1v) is 7.46. The normalized spacial score (nSPS) is 11.3. The third-order valence-corrected chi connectivity index (χ3v) is 3.76. The minimum absolute atomic E-state index is 0.169. The fourth-order valence-electron chi connectivity index (χ4n) is 1.96. The van der Waals surface area contributed by atoms with Gasteiger partial charge >= 0.3 is 0 Å². The van der Waals surface area contributed by atoms with Crippen molar-refractivity contribution >= 4 is 50.4 Å². The van der Waals surface area contributed by atoms with Crippen LogP contribution in [-0.2, 0) is 0 Å². The number of hydrogen-bond acceptors (Lipinski definition) is 2. The zero-order chi connectivity index (χ0) is 14.8. The number of fused-ring (bicyclic) bond motifs is 1. The van der Waals surface area contributed by atoms with Crippen molar-refractivity contribution in [2.24, 2.45) is 0 Å². The van der Waals surface area contributed by atoms with Gasteiger partial charge in [0, 0.05) is 14.9 Å². The summed E-state index contributed by atoms with van der Waals surface area (Å²) in [5.74, 6) is 0.158. The summed E-state index contributed by atoms with van der Waals surface area (Å²) in [6, 6.07) is 14.6. The molecule has 21 heavy (non-hydrogen) atoms. The summed E-state index contributed by atoms with van der Waals surface area (Å²) >= 11 is 9.21. The van der Waals surface area contributed by atoms with Crippen LogP contribution in [0.5, 0.6) is 0 Å². The van der Waals surface area contributed by atoms with Crippen molar-refractivity contribution in [2.45, 2.75) is 0 Å². The number of halogens is 2. The number of rotatable bonds is 3. The molecule has 0 spiro atoms. The molecule has 104 valence electrons. The van der Waals surface area contributed by atoms with Crippen molar-refractivity contribution < 1.29 is 9.21 Å². The Balaban J connectivity index is 1.84. The molecule has 1 heterocycles. The van der Waals surface area contributed by atoms with E-state index in [2.05, 4.69) is 15.9 Å². The van der Waals surface area contributed by atoms with Gasteiger partial charge in [-0.2, -0.15) is 0 Å². The molecular weight excluding hydrogens is 352 g/mol. The first kappa shape index (κ1) is 14.1. The highest BCUT2D eigenvalue weighted by Crippen LogP contribution is 2.24. The maximum atomic E-state index is 12.1. The number of carbonyl (C=O) groups is 1. The summed E-state index contributed by atoms with van der Waals surface area (Å²) in [4.78, 5) is 12.1. The summed E-state index contributed by atoms with van der Waals surface area (Å²) in [5.41, 5.74) is 1.60. The summed E-state index contributed by atoms with van der Waals surface area (Å²) < 4.78 is 6.50. The van der Waals surface area contributed by atoms with Gasteiger partial charge in [-0.15, -0.1) is 0 Å². The van der Waals surface area contributed by atoms with E-state index in [4.69, 9.17) is 16.0 Å². The lowest BCUT2D eigenvalue weighted by Crippen LogP contribution is -1.90. The lowest BCUT2D eigenvalue weighted by Gasteiger charge is -1.93. The molecule has 0 radical (unpaired) electrons. The van der Waals surface area contributed by atoms with Crippen molar-refractivity contribution in [1.29, 1.82) is 0 Å². The molecule has 0 fully saturated rings. The second-order valence-corrected chi connectivity index (χ2v) is 5.89. The number of hydrogen-bond donors (Lipinski definition) is 0. The van der Waals surface area contributed by atoms with E-state index in [1.54, 1.807) is 24.3 Å². The van der Waals surface area contributed by atoms with Gasteiger partial charge < -0.3 is 4.42 Å². The molecule has 4 heteroatoms. The van der Waals surface area contributed by atoms with Crippen molar-refractivity contribution in [3.63, 3.8) is 0 Å². The molecule has 0 atom stereocenters. The minimum atomic E-state index is -0.169. The Bertz CT molecular complexity index is 832. The van der Waals surface area contributed by atoms with Gasteiger partial charge in [0.1, 0.15) is 5.58 Å². The second kappa shape index (κ2) is 5.88. The van der Waals surface area contributed by atoms with E-state index >= 15 is 0 Å². The molecule has 0 aliphatic heterocycles. The van der Waals surface area contributed by atoms with Crippen LogP contribution in [-0.4, -0.2) is 5.78 Å². The Morgan fingerprint density at radius 1 is 1.10 bits per heavy atom. The van der Waals surface area contributed by atoms with Crippen LogP contribution in [0.25, 0.3) is 17.0 Å². The largest absolute Gasteiger partial charge is 0.453 e. The number of benzene rings is 2. The fraction of sp³-hybridized carbons (Fsp3) is 0. The van der Waals surface area contributed by atoms with Crippen molar-refractivity contribution in [3.8, 4) is 0 Å². The zero-order valence-electron chi connectivity index (χ0n) is 10.8. The number of carbonyl (C=O) groups excluding carboxylic acids is 1. The molecule has 2 aromatic carbocycles. The van der Waals surface area contributed by atoms with Crippen LogP contribution < -0.4 is 0 Å². The van der Waals surface area contributed by atoms with Crippen LogP contribution in [0.2, 0.25) is 5.02 Å². The van der Waals surface area contributed by atoms with Gasteiger partial charge in [-0.25, -0.2) is 0 Å². The van der Waals surface area contributed by atoms with Crippen molar-refractivity contribution in [2.75, 3.05) is 0 Å². The zero-order valence-corrected chi connectivity index (χ0v) is 13.2. The van der Waals surface area contributed by atoms with E-state index in [-0.39, 0.29) is 5.78 Å².